The summed E-state index contributed by atoms with van der Waals surface area (Å²) in [5, 5.41) is 17.3. The molecule has 2 unspecified atom stereocenters. The maximum atomic E-state index is 14.4. The molecule has 0 saturated heterocycles. The lowest BCUT2D eigenvalue weighted by atomic mass is 10.0. The molecule has 2 atom stereocenters. The molecule has 1 aromatic heterocycles. The van der Waals surface area contributed by atoms with Crippen LogP contribution < -0.4 is 16.0 Å². The van der Waals surface area contributed by atoms with E-state index in [9.17, 15) is 33.1 Å². The van der Waals surface area contributed by atoms with Gasteiger partial charge in [-0.05, 0) is 46.2 Å². The number of amides is 3. The van der Waals surface area contributed by atoms with E-state index >= 15 is 0 Å². The Kier molecular flexibility index (Phi) is 10.8. The number of halogens is 2. The zero-order valence-corrected chi connectivity index (χ0v) is 24.9. The summed E-state index contributed by atoms with van der Waals surface area (Å²) in [7, 11) is 0. The first-order valence-corrected chi connectivity index (χ1v) is 13.5. The first kappa shape index (κ1) is 33.6. The van der Waals surface area contributed by atoms with Crippen molar-refractivity contribution < 1.29 is 42.5 Å². The minimum Gasteiger partial charge on any atom is -0.479 e. The number of nitrogens with one attached hydrogen (secondary N) is 3. The number of benzene rings is 2. The van der Waals surface area contributed by atoms with Crippen LogP contribution in [0, 0.1) is 11.6 Å². The standard InChI is InChI=1S/C30H35F2N5O7/c1-29(2,3)44-28(42)36-30(4,5)27(41)34-22(16-43-15-18-9-7-6-8-10-18)25(38)35-23-14-37(17-33-23)24(26(39)40)20-12-11-19(31)13-21(20)32/h6-14,17,22,24H,15-16H2,1-5H3,(H,34,41)(H,35,38)(H,36,42)(H,39,40). The van der Waals surface area contributed by atoms with Crippen LogP contribution in [0.1, 0.15) is 51.8 Å². The summed E-state index contributed by atoms with van der Waals surface area (Å²) in [6.45, 7) is 7.69. The maximum absolute atomic E-state index is 14.4. The molecule has 44 heavy (non-hydrogen) atoms. The van der Waals surface area contributed by atoms with Gasteiger partial charge in [-0.1, -0.05) is 36.4 Å². The number of nitrogens with zero attached hydrogens (tertiary/aromatic N) is 2. The second kappa shape index (κ2) is 14.1. The molecule has 0 fully saturated rings. The van der Waals surface area contributed by atoms with Gasteiger partial charge in [0.05, 0.1) is 19.5 Å². The van der Waals surface area contributed by atoms with Crippen LogP contribution in [0.2, 0.25) is 0 Å². The van der Waals surface area contributed by atoms with Crippen LogP contribution in [0.15, 0.2) is 61.1 Å². The molecule has 0 bridgehead atoms. The molecule has 236 valence electrons. The average molecular weight is 616 g/mol. The van der Waals surface area contributed by atoms with Crippen molar-refractivity contribution in [1.29, 1.82) is 0 Å². The first-order chi connectivity index (χ1) is 20.6. The Morgan fingerprint density at radius 2 is 1.70 bits per heavy atom. The lowest BCUT2D eigenvalue weighted by molar-refractivity contribution is -0.139. The molecule has 0 spiro atoms. The number of aromatic nitrogens is 2. The molecule has 0 aliphatic rings. The van der Waals surface area contributed by atoms with Crippen LogP contribution in [-0.4, -0.2) is 62.3 Å². The highest BCUT2D eigenvalue weighted by Gasteiger charge is 2.35. The van der Waals surface area contributed by atoms with Crippen LogP contribution in [0.25, 0.3) is 0 Å². The summed E-state index contributed by atoms with van der Waals surface area (Å²) in [4.78, 5) is 54.8. The van der Waals surface area contributed by atoms with Gasteiger partial charge in [0.1, 0.15) is 28.8 Å². The summed E-state index contributed by atoms with van der Waals surface area (Å²) in [5.41, 5.74) is -1.82. The Bertz CT molecular complexity index is 1490. The first-order valence-electron chi connectivity index (χ1n) is 13.5. The Morgan fingerprint density at radius 1 is 1.02 bits per heavy atom. The number of hydrogen-bond acceptors (Lipinski definition) is 7. The lowest BCUT2D eigenvalue weighted by Crippen LogP contribution is -2.59. The van der Waals surface area contributed by atoms with Gasteiger partial charge < -0.3 is 35.1 Å². The van der Waals surface area contributed by atoms with E-state index in [0.717, 1.165) is 34.8 Å². The number of rotatable bonds is 12. The van der Waals surface area contributed by atoms with E-state index in [0.29, 0.717) is 6.07 Å². The molecule has 12 nitrogen and oxygen atoms in total. The molecule has 0 radical (unpaired) electrons. The summed E-state index contributed by atoms with van der Waals surface area (Å²) >= 11 is 0. The van der Waals surface area contributed by atoms with Gasteiger partial charge in [-0.2, -0.15) is 0 Å². The van der Waals surface area contributed by atoms with E-state index in [1.54, 1.807) is 20.8 Å². The number of anilines is 1. The molecule has 14 heteroatoms. The molecule has 0 aliphatic carbocycles. The Morgan fingerprint density at radius 3 is 2.32 bits per heavy atom. The van der Waals surface area contributed by atoms with E-state index in [4.69, 9.17) is 9.47 Å². The molecule has 0 aliphatic heterocycles. The number of carbonyl (C=O) groups is 4. The van der Waals surface area contributed by atoms with E-state index in [-0.39, 0.29) is 24.6 Å². The second-order valence-electron chi connectivity index (χ2n) is 11.4. The Hall–Kier alpha value is -4.85. The quantitative estimate of drug-likeness (QED) is 0.239. The number of ether oxygens (including phenoxy) is 2. The van der Waals surface area contributed by atoms with E-state index in [1.807, 2.05) is 30.3 Å². The minimum absolute atomic E-state index is 0.114. The highest BCUT2D eigenvalue weighted by Crippen LogP contribution is 2.24. The lowest BCUT2D eigenvalue weighted by Gasteiger charge is -2.29. The fraction of sp³-hybridized carbons (Fsp3) is 0.367. The maximum Gasteiger partial charge on any atom is 0.408 e. The zero-order valence-electron chi connectivity index (χ0n) is 24.9. The van der Waals surface area contributed by atoms with Crippen LogP contribution >= 0.6 is 0 Å². The van der Waals surface area contributed by atoms with Gasteiger partial charge in [0.25, 0.3) is 5.91 Å². The SMILES string of the molecule is CC(C)(C)OC(=O)NC(C)(C)C(=O)NC(COCc1ccccc1)C(=O)Nc1cn(C(C(=O)O)c2ccc(F)cc2F)cn1. The molecule has 2 aromatic carbocycles. The van der Waals surface area contributed by atoms with E-state index in [2.05, 4.69) is 20.9 Å². The topological polar surface area (TPSA) is 161 Å². The molecule has 0 saturated carbocycles. The number of imidazole rings is 1. The van der Waals surface area contributed by atoms with Crippen LogP contribution in [0.5, 0.6) is 0 Å². The number of alkyl carbamates (subject to hydrolysis) is 1. The van der Waals surface area contributed by atoms with Crippen LogP contribution in [0.3, 0.4) is 0 Å². The molecular weight excluding hydrogens is 580 g/mol. The molecule has 3 amide bonds. The third kappa shape index (κ3) is 9.59. The average Bonchev–Trinajstić information content (AvgIpc) is 3.36. The predicted octanol–water partition coefficient (Wildman–Crippen LogP) is 3.78. The van der Waals surface area contributed by atoms with Gasteiger partial charge in [-0.3, -0.25) is 9.59 Å². The fourth-order valence-corrected chi connectivity index (χ4v) is 3.91. The highest BCUT2D eigenvalue weighted by molar-refractivity contribution is 5.98. The Balaban J connectivity index is 1.78. The van der Waals surface area contributed by atoms with Crippen molar-refractivity contribution in [3.05, 3.63) is 83.8 Å². The largest absolute Gasteiger partial charge is 0.479 e. The van der Waals surface area contributed by atoms with Crippen molar-refractivity contribution >= 4 is 29.7 Å². The van der Waals surface area contributed by atoms with Gasteiger partial charge in [-0.25, -0.2) is 23.4 Å². The molecule has 4 N–H and O–H groups in total. The van der Waals surface area contributed by atoms with Crippen molar-refractivity contribution in [1.82, 2.24) is 20.2 Å². The van der Waals surface area contributed by atoms with Crippen molar-refractivity contribution in [2.45, 2.75) is 64.4 Å². The zero-order chi connectivity index (χ0) is 32.7. The Labute approximate surface area is 252 Å². The number of carbonyl (C=O) groups excluding carboxylic acids is 3. The van der Waals surface area contributed by atoms with Gasteiger partial charge >= 0.3 is 12.1 Å². The predicted molar refractivity (Wildman–Crippen MR) is 154 cm³/mol. The number of hydrogen-bond donors (Lipinski definition) is 4. The van der Waals surface area contributed by atoms with Crippen molar-refractivity contribution in [2.24, 2.45) is 0 Å². The minimum atomic E-state index is -1.61. The number of carboxylic acid groups (broad SMARTS) is 1. The normalized spacial score (nSPS) is 13.0. The fourth-order valence-electron chi connectivity index (χ4n) is 3.91. The summed E-state index contributed by atoms with van der Waals surface area (Å²) in [5.74, 6) is -5.01. The van der Waals surface area contributed by atoms with Gasteiger partial charge in [-0.15, -0.1) is 0 Å². The van der Waals surface area contributed by atoms with Gasteiger partial charge in [0.15, 0.2) is 11.9 Å². The summed E-state index contributed by atoms with van der Waals surface area (Å²) in [6, 6.07) is 8.68. The van der Waals surface area contributed by atoms with Crippen molar-refractivity contribution in [2.75, 3.05) is 11.9 Å². The molecule has 3 rings (SSSR count). The second-order valence-corrected chi connectivity index (χ2v) is 11.4. The number of carboxylic acids is 1. The third-order valence-corrected chi connectivity index (χ3v) is 6.04. The van der Waals surface area contributed by atoms with Crippen molar-refractivity contribution in [3.63, 3.8) is 0 Å². The highest BCUT2D eigenvalue weighted by atomic mass is 19.1. The van der Waals surface area contributed by atoms with Gasteiger partial charge in [0.2, 0.25) is 5.91 Å². The summed E-state index contributed by atoms with van der Waals surface area (Å²) in [6.07, 6.45) is 1.37. The van der Waals surface area contributed by atoms with Gasteiger partial charge in [0, 0.05) is 17.8 Å². The van der Waals surface area contributed by atoms with Crippen LogP contribution in [0.4, 0.5) is 19.4 Å². The third-order valence-electron chi connectivity index (χ3n) is 6.04. The molecular formula is C30H35F2N5O7. The van der Waals surface area contributed by atoms with E-state index < -0.39 is 58.7 Å². The van der Waals surface area contributed by atoms with Crippen LogP contribution in [-0.2, 0) is 30.5 Å². The summed E-state index contributed by atoms with van der Waals surface area (Å²) < 4.78 is 39.7. The smallest absolute Gasteiger partial charge is 0.408 e. The number of aliphatic carboxylic acids is 1. The monoisotopic (exact) mass is 615 g/mol. The molecule has 3 aromatic rings. The molecule has 1 heterocycles. The van der Waals surface area contributed by atoms with Crippen molar-refractivity contribution in [3.8, 4) is 0 Å². The van der Waals surface area contributed by atoms with E-state index in [1.165, 1.54) is 13.8 Å².